The van der Waals surface area contributed by atoms with Crippen molar-refractivity contribution in [3.05, 3.63) is 12.7 Å². The number of ether oxygens (including phenoxy) is 1. The fourth-order valence-corrected chi connectivity index (χ4v) is 0.235. The van der Waals surface area contributed by atoms with Crippen molar-refractivity contribution in [3.8, 4) is 0 Å². The summed E-state index contributed by atoms with van der Waals surface area (Å²) < 4.78 is 4.31. The van der Waals surface area contributed by atoms with E-state index in [1.165, 1.54) is 6.08 Å². The summed E-state index contributed by atoms with van der Waals surface area (Å²) in [6.07, 6.45) is 1.20. The molecule has 0 aliphatic carbocycles. The Balaban J connectivity index is 2.44. The van der Waals surface area contributed by atoms with E-state index in [0.717, 1.165) is 0 Å². The Hall–Kier alpha value is -0.790. The van der Waals surface area contributed by atoms with Crippen molar-refractivity contribution in [1.82, 2.24) is 0 Å². The fourth-order valence-electron chi connectivity index (χ4n) is 0.235. The van der Waals surface area contributed by atoms with Gasteiger partial charge >= 0.3 is 5.97 Å². The number of carbonyl (C=O) groups excluding carboxylic acids is 1. The van der Waals surface area contributed by atoms with E-state index in [1.807, 2.05) is 0 Å². The van der Waals surface area contributed by atoms with Crippen molar-refractivity contribution >= 4 is 5.97 Å². The molecule has 1 unspecified atom stereocenters. The minimum atomic E-state index is -0.273. The second kappa shape index (κ2) is 0.834. The van der Waals surface area contributed by atoms with Crippen molar-refractivity contribution in [1.29, 1.82) is 0 Å². The molecule has 1 rings (SSSR count). The van der Waals surface area contributed by atoms with E-state index in [1.54, 1.807) is 0 Å². The lowest BCUT2D eigenvalue weighted by atomic mass is 10.6. The standard InChI is InChI=1S/C4H4O2/c1-2-3-4(5)6-3/h2-3H,1H2/i4+2. The SMILES string of the molecule is C=CC1O[14C]1=O. The normalized spacial score (nSPS) is 28.7. The van der Waals surface area contributed by atoms with E-state index >= 15 is 0 Å². The maximum Gasteiger partial charge on any atom is 0.352 e. The van der Waals surface area contributed by atoms with E-state index in [0.29, 0.717) is 0 Å². The van der Waals surface area contributed by atoms with Gasteiger partial charge in [0.25, 0.3) is 0 Å². The summed E-state index contributed by atoms with van der Waals surface area (Å²) in [4.78, 5) is 9.82. The molecule has 6 heavy (non-hydrogen) atoms. The quantitative estimate of drug-likeness (QED) is 0.334. The number of hydrogen-bond donors (Lipinski definition) is 0. The summed E-state index contributed by atoms with van der Waals surface area (Å²) in [6, 6.07) is 0. The zero-order valence-corrected chi connectivity index (χ0v) is 3.18. The van der Waals surface area contributed by atoms with Gasteiger partial charge in [-0.1, -0.05) is 6.58 Å². The van der Waals surface area contributed by atoms with E-state index in [9.17, 15) is 4.79 Å². The van der Waals surface area contributed by atoms with Crippen molar-refractivity contribution in [2.24, 2.45) is 0 Å². The number of cyclic esters (lactones) is 1. The van der Waals surface area contributed by atoms with Gasteiger partial charge < -0.3 is 4.74 Å². The Morgan fingerprint density at radius 1 is 2.00 bits per heavy atom. The predicted molar refractivity (Wildman–Crippen MR) is 20.1 cm³/mol. The smallest absolute Gasteiger partial charge is 0.352 e. The number of epoxide rings is 1. The number of carbonyl (C=O) groups is 1. The molecule has 1 saturated heterocycles. The highest BCUT2D eigenvalue weighted by Crippen LogP contribution is 2.10. The fraction of sp³-hybridized carbons (Fsp3) is 0.250. The zero-order chi connectivity index (χ0) is 4.57. The second-order valence-corrected chi connectivity index (χ2v) is 1.09. The third-order valence-corrected chi connectivity index (χ3v) is 0.632. The molecule has 0 N–H and O–H groups in total. The van der Waals surface area contributed by atoms with Crippen LogP contribution in [0.3, 0.4) is 0 Å². The molecule has 1 aliphatic rings. The molecule has 1 fully saturated rings. The maximum absolute atomic E-state index is 9.82. The molecule has 0 saturated carbocycles. The molecule has 0 bridgehead atoms. The summed E-state index contributed by atoms with van der Waals surface area (Å²) >= 11 is 0. The largest absolute Gasteiger partial charge is 0.443 e. The van der Waals surface area contributed by atoms with E-state index in [4.69, 9.17) is 0 Å². The molecule has 0 amide bonds. The molecule has 2 nitrogen and oxygen atoms in total. The van der Waals surface area contributed by atoms with Gasteiger partial charge in [-0.25, -0.2) is 4.79 Å². The van der Waals surface area contributed by atoms with Gasteiger partial charge in [-0.2, -0.15) is 0 Å². The highest BCUT2D eigenvalue weighted by Gasteiger charge is 2.34. The Labute approximate surface area is 35.4 Å². The molecule has 1 atom stereocenters. The zero-order valence-electron chi connectivity index (χ0n) is 3.18. The molecular formula is C4H4O2. The third kappa shape index (κ3) is 0.302. The van der Waals surface area contributed by atoms with Gasteiger partial charge in [0.15, 0.2) is 0 Å². The maximum atomic E-state index is 9.82. The van der Waals surface area contributed by atoms with Crippen LogP contribution in [0.5, 0.6) is 0 Å². The van der Waals surface area contributed by atoms with Crippen LogP contribution in [0, 0.1) is 0 Å². The molecule has 0 aromatic heterocycles. The highest BCUT2D eigenvalue weighted by atomic mass is 16.9. The summed E-state index contributed by atoms with van der Waals surface area (Å²) in [5, 5.41) is 0. The Morgan fingerprint density at radius 3 is 2.50 bits per heavy atom. The van der Waals surface area contributed by atoms with Gasteiger partial charge in [-0.3, -0.25) is 0 Å². The van der Waals surface area contributed by atoms with Crippen LogP contribution >= 0.6 is 0 Å². The summed E-state index contributed by atoms with van der Waals surface area (Å²) in [5.41, 5.74) is 0. The Morgan fingerprint density at radius 2 is 2.50 bits per heavy atom. The van der Waals surface area contributed by atoms with Gasteiger partial charge in [0.2, 0.25) is 6.10 Å². The van der Waals surface area contributed by atoms with Crippen LogP contribution in [-0.4, -0.2) is 12.1 Å². The topological polar surface area (TPSA) is 29.6 Å². The second-order valence-electron chi connectivity index (χ2n) is 1.09. The average Bonchev–Trinajstić information content (AvgIpc) is 2.19. The first-order valence-corrected chi connectivity index (χ1v) is 1.67. The first-order chi connectivity index (χ1) is 2.84. The Kier molecular flexibility index (Phi) is 0.473. The molecule has 0 spiro atoms. The third-order valence-electron chi connectivity index (χ3n) is 0.632. The van der Waals surface area contributed by atoms with Crippen LogP contribution in [-0.2, 0) is 9.53 Å². The predicted octanol–water partition coefficient (Wildman–Crippen LogP) is 0.0978. The van der Waals surface area contributed by atoms with Crippen molar-refractivity contribution in [2.45, 2.75) is 6.10 Å². The molecular weight excluding hydrogens is 82.0 g/mol. The van der Waals surface area contributed by atoms with Crippen LogP contribution < -0.4 is 0 Å². The van der Waals surface area contributed by atoms with Crippen molar-refractivity contribution in [3.63, 3.8) is 0 Å². The van der Waals surface area contributed by atoms with Crippen LogP contribution in [0.15, 0.2) is 12.7 Å². The monoisotopic (exact) mass is 86.0 g/mol. The molecule has 0 radical (unpaired) electrons. The highest BCUT2D eigenvalue weighted by molar-refractivity contribution is 5.89. The molecule has 0 aromatic rings. The van der Waals surface area contributed by atoms with Gasteiger partial charge in [-0.05, 0) is 6.08 Å². The molecule has 1 aliphatic heterocycles. The number of rotatable bonds is 1. The van der Waals surface area contributed by atoms with Crippen molar-refractivity contribution in [2.75, 3.05) is 0 Å². The van der Waals surface area contributed by atoms with Crippen molar-refractivity contribution < 1.29 is 9.53 Å². The van der Waals surface area contributed by atoms with Gasteiger partial charge in [-0.15, -0.1) is 0 Å². The first kappa shape index (κ1) is 3.40. The lowest BCUT2D eigenvalue weighted by molar-refractivity contribution is -0.117. The average molecular weight is 86.1 g/mol. The summed E-state index contributed by atoms with van der Waals surface area (Å²) in [7, 11) is 0. The van der Waals surface area contributed by atoms with E-state index in [2.05, 4.69) is 11.3 Å². The van der Waals surface area contributed by atoms with Gasteiger partial charge in [0, 0.05) is 0 Å². The summed E-state index contributed by atoms with van der Waals surface area (Å²) in [6.45, 7) is 3.33. The van der Waals surface area contributed by atoms with E-state index < -0.39 is 0 Å². The van der Waals surface area contributed by atoms with E-state index in [-0.39, 0.29) is 12.1 Å². The molecule has 1 heterocycles. The molecule has 0 aromatic carbocycles. The van der Waals surface area contributed by atoms with Crippen LogP contribution in [0.2, 0.25) is 0 Å². The lowest BCUT2D eigenvalue weighted by Gasteiger charge is -1.55. The lowest BCUT2D eigenvalue weighted by Crippen LogP contribution is -1.73. The van der Waals surface area contributed by atoms with Gasteiger partial charge in [0.05, 0.1) is 0 Å². The van der Waals surface area contributed by atoms with Crippen LogP contribution in [0.25, 0.3) is 0 Å². The van der Waals surface area contributed by atoms with Gasteiger partial charge in [0.1, 0.15) is 0 Å². The number of hydrogen-bond acceptors (Lipinski definition) is 2. The minimum Gasteiger partial charge on any atom is -0.443 e. The molecule has 32 valence electrons. The Bertz CT molecular complexity index is 95.7. The van der Waals surface area contributed by atoms with Crippen LogP contribution in [0.4, 0.5) is 0 Å². The minimum absolute atomic E-state index is 0.162. The molecule has 2 heteroatoms. The summed E-state index contributed by atoms with van der Waals surface area (Å²) in [5.74, 6) is -0.162. The van der Waals surface area contributed by atoms with Crippen LogP contribution in [0.1, 0.15) is 0 Å². The first-order valence-electron chi connectivity index (χ1n) is 1.67.